The van der Waals surface area contributed by atoms with Gasteiger partial charge >= 0.3 is 0 Å². The van der Waals surface area contributed by atoms with Gasteiger partial charge in [0.2, 0.25) is 5.78 Å². The molecule has 4 rings (SSSR count). The Morgan fingerprint density at radius 2 is 1.65 bits per heavy atom. The number of Topliss-reactive ketones (excluding diaryl/α,β-unsaturated/α-hetero) is 1. The zero-order valence-electron chi connectivity index (χ0n) is 14.1. The van der Waals surface area contributed by atoms with Crippen LogP contribution < -0.4 is 0 Å². The van der Waals surface area contributed by atoms with Crippen molar-refractivity contribution in [2.45, 2.75) is 6.92 Å². The van der Waals surface area contributed by atoms with Gasteiger partial charge in [-0.25, -0.2) is 9.97 Å². The fourth-order valence-electron chi connectivity index (χ4n) is 2.86. The molecule has 2 heterocycles. The van der Waals surface area contributed by atoms with Crippen LogP contribution in [0.4, 0.5) is 0 Å². The third-order valence-electron chi connectivity index (χ3n) is 4.21. The van der Waals surface area contributed by atoms with Gasteiger partial charge in [0, 0.05) is 36.0 Å². The first-order valence-corrected chi connectivity index (χ1v) is 8.17. The zero-order chi connectivity index (χ0) is 18.1. The molecule has 5 nitrogen and oxygen atoms in total. The van der Waals surface area contributed by atoms with E-state index in [1.807, 2.05) is 48.7 Å². The van der Waals surface area contributed by atoms with Crippen LogP contribution in [0, 0.1) is 0 Å². The average molecular weight is 341 g/mol. The van der Waals surface area contributed by atoms with Crippen LogP contribution in [0.3, 0.4) is 0 Å². The molecule has 2 aromatic heterocycles. The number of aromatic nitrogens is 3. The summed E-state index contributed by atoms with van der Waals surface area (Å²) in [5, 5.41) is 0. The maximum atomic E-state index is 11.7. The Kier molecular flexibility index (Phi) is 3.89. The topological polar surface area (TPSA) is 64.3 Å². The van der Waals surface area contributed by atoms with E-state index in [0.717, 1.165) is 28.7 Å². The van der Waals surface area contributed by atoms with E-state index in [9.17, 15) is 9.59 Å². The molecule has 2 aromatic carbocycles. The minimum atomic E-state index is -0.103. The summed E-state index contributed by atoms with van der Waals surface area (Å²) in [6.45, 7) is 1.49. The van der Waals surface area contributed by atoms with Gasteiger partial charge in [-0.1, -0.05) is 54.6 Å². The Morgan fingerprint density at radius 1 is 0.923 bits per heavy atom. The summed E-state index contributed by atoms with van der Waals surface area (Å²) < 4.78 is 1.77. The van der Waals surface area contributed by atoms with Crippen LogP contribution in [-0.4, -0.2) is 26.4 Å². The molecule has 126 valence electrons. The summed E-state index contributed by atoms with van der Waals surface area (Å²) in [5.74, 6) is 0.359. The predicted octanol–water partition coefficient (Wildman–Crippen LogP) is 4.08. The van der Waals surface area contributed by atoms with Crippen molar-refractivity contribution in [3.63, 3.8) is 0 Å². The second kappa shape index (κ2) is 6.37. The number of benzene rings is 2. The van der Waals surface area contributed by atoms with Crippen molar-refractivity contribution in [3.05, 3.63) is 78.2 Å². The highest BCUT2D eigenvalue weighted by Crippen LogP contribution is 2.31. The molecule has 0 saturated heterocycles. The van der Waals surface area contributed by atoms with E-state index in [1.54, 1.807) is 22.7 Å². The van der Waals surface area contributed by atoms with E-state index in [4.69, 9.17) is 4.98 Å². The van der Waals surface area contributed by atoms with E-state index in [-0.39, 0.29) is 5.78 Å². The predicted molar refractivity (Wildman–Crippen MR) is 99.3 cm³/mol. The fraction of sp³-hybridized carbons (Fsp3) is 0.0476. The minimum absolute atomic E-state index is 0.103. The first-order valence-electron chi connectivity index (χ1n) is 8.17. The molecule has 0 bridgehead atoms. The number of hydrogen-bond acceptors (Lipinski definition) is 4. The van der Waals surface area contributed by atoms with Crippen LogP contribution in [0.15, 0.2) is 67.0 Å². The van der Waals surface area contributed by atoms with E-state index in [2.05, 4.69) is 4.98 Å². The zero-order valence-corrected chi connectivity index (χ0v) is 14.1. The van der Waals surface area contributed by atoms with Gasteiger partial charge in [0.1, 0.15) is 12.0 Å². The smallest absolute Gasteiger partial charge is 0.235 e. The number of fused-ring (bicyclic) bond motifs is 1. The molecule has 0 saturated carbocycles. The van der Waals surface area contributed by atoms with Crippen LogP contribution in [0.2, 0.25) is 0 Å². The molecule has 0 amide bonds. The Morgan fingerprint density at radius 3 is 2.31 bits per heavy atom. The molecular weight excluding hydrogens is 326 g/mol. The van der Waals surface area contributed by atoms with Crippen LogP contribution in [-0.2, 0) is 0 Å². The Labute approximate surface area is 150 Å². The summed E-state index contributed by atoms with van der Waals surface area (Å²) in [7, 11) is 0. The molecule has 0 aliphatic rings. The average Bonchev–Trinajstić information content (AvgIpc) is 3.11. The second-order valence-corrected chi connectivity index (χ2v) is 6.00. The quantitative estimate of drug-likeness (QED) is 0.414. The third-order valence-corrected chi connectivity index (χ3v) is 4.21. The monoisotopic (exact) mass is 341 g/mol. The molecule has 0 atom stereocenters. The first kappa shape index (κ1) is 15.9. The van der Waals surface area contributed by atoms with Crippen molar-refractivity contribution >= 4 is 17.8 Å². The van der Waals surface area contributed by atoms with Gasteiger partial charge in [0.05, 0.1) is 5.69 Å². The van der Waals surface area contributed by atoms with E-state index in [1.165, 1.54) is 6.92 Å². The van der Waals surface area contributed by atoms with E-state index >= 15 is 0 Å². The van der Waals surface area contributed by atoms with Gasteiger partial charge in [0.15, 0.2) is 5.78 Å². The van der Waals surface area contributed by atoms with E-state index < -0.39 is 0 Å². The van der Waals surface area contributed by atoms with Crippen molar-refractivity contribution in [3.8, 4) is 22.4 Å². The number of nitrogens with zero attached hydrogens (tertiary/aromatic N) is 3. The maximum Gasteiger partial charge on any atom is 0.235 e. The number of carbonyl (C=O) groups is 2. The van der Waals surface area contributed by atoms with Crippen LogP contribution in [0.1, 0.15) is 27.8 Å². The second-order valence-electron chi connectivity index (χ2n) is 6.00. The Balaban J connectivity index is 1.98. The lowest BCUT2D eigenvalue weighted by atomic mass is 10.00. The van der Waals surface area contributed by atoms with Crippen molar-refractivity contribution < 1.29 is 9.59 Å². The lowest BCUT2D eigenvalue weighted by molar-refractivity contribution is 0.101. The van der Waals surface area contributed by atoms with Crippen molar-refractivity contribution in [2.24, 2.45) is 0 Å². The van der Waals surface area contributed by atoms with Gasteiger partial charge in [-0.15, -0.1) is 0 Å². The molecule has 0 fully saturated rings. The van der Waals surface area contributed by atoms with Crippen LogP contribution >= 0.6 is 0 Å². The van der Waals surface area contributed by atoms with Gasteiger partial charge in [-0.3, -0.25) is 14.0 Å². The number of aldehydes is 1. The van der Waals surface area contributed by atoms with Crippen molar-refractivity contribution in [1.82, 2.24) is 14.4 Å². The SMILES string of the molecule is CC(=O)c1cn2cc(-c3ccccc3)c(-c3ccc(C=O)cc3)nc2n1. The normalized spacial score (nSPS) is 10.8. The Bertz CT molecular complexity index is 1110. The molecule has 0 spiro atoms. The third kappa shape index (κ3) is 2.80. The molecule has 0 unspecified atom stereocenters. The molecular formula is C21H15N3O2. The highest BCUT2D eigenvalue weighted by atomic mass is 16.1. The molecule has 26 heavy (non-hydrogen) atoms. The first-order chi connectivity index (χ1) is 12.7. The van der Waals surface area contributed by atoms with Gasteiger partial charge in [-0.2, -0.15) is 0 Å². The Hall–Kier alpha value is -3.60. The highest BCUT2D eigenvalue weighted by Gasteiger charge is 2.14. The van der Waals surface area contributed by atoms with Crippen molar-refractivity contribution in [2.75, 3.05) is 0 Å². The highest BCUT2D eigenvalue weighted by molar-refractivity contribution is 5.92. The van der Waals surface area contributed by atoms with Crippen molar-refractivity contribution in [1.29, 1.82) is 0 Å². The maximum absolute atomic E-state index is 11.7. The number of rotatable bonds is 4. The lowest BCUT2D eigenvalue weighted by Gasteiger charge is -2.10. The number of imidazole rings is 1. The molecule has 4 aromatic rings. The molecule has 5 heteroatoms. The summed E-state index contributed by atoms with van der Waals surface area (Å²) in [6, 6.07) is 17.2. The summed E-state index contributed by atoms with van der Waals surface area (Å²) in [4.78, 5) is 31.6. The standard InChI is InChI=1S/C21H15N3O2/c1-14(26)19-12-24-11-18(16-5-3-2-4-6-16)20(23-21(24)22-19)17-9-7-15(13-25)8-10-17/h2-13H,1H3. The van der Waals surface area contributed by atoms with Gasteiger partial charge in [-0.05, 0) is 5.56 Å². The molecule has 0 radical (unpaired) electrons. The van der Waals surface area contributed by atoms with Crippen LogP contribution in [0.5, 0.6) is 0 Å². The van der Waals surface area contributed by atoms with Crippen LogP contribution in [0.25, 0.3) is 28.2 Å². The molecule has 0 aliphatic carbocycles. The number of ketones is 1. The minimum Gasteiger partial charge on any atom is -0.298 e. The lowest BCUT2D eigenvalue weighted by Crippen LogP contribution is -1.96. The fourth-order valence-corrected chi connectivity index (χ4v) is 2.86. The van der Waals surface area contributed by atoms with Gasteiger partial charge in [0.25, 0.3) is 0 Å². The summed E-state index contributed by atoms with van der Waals surface area (Å²) in [5.41, 5.74) is 4.55. The summed E-state index contributed by atoms with van der Waals surface area (Å²) in [6.07, 6.45) is 4.43. The molecule has 0 N–H and O–H groups in total. The number of carbonyl (C=O) groups excluding carboxylic acids is 2. The number of hydrogen-bond donors (Lipinski definition) is 0. The van der Waals surface area contributed by atoms with E-state index in [0.29, 0.717) is 17.0 Å². The summed E-state index contributed by atoms with van der Waals surface area (Å²) >= 11 is 0. The largest absolute Gasteiger partial charge is 0.298 e. The van der Waals surface area contributed by atoms with Gasteiger partial charge < -0.3 is 0 Å². The molecule has 0 aliphatic heterocycles.